The maximum absolute atomic E-state index is 5.95. The summed E-state index contributed by atoms with van der Waals surface area (Å²) in [6.45, 7) is 12.5. The van der Waals surface area contributed by atoms with Gasteiger partial charge in [-0.1, -0.05) is 38.1 Å². The lowest BCUT2D eigenvalue weighted by Gasteiger charge is -2.35. The molecule has 1 rings (SSSR count). The van der Waals surface area contributed by atoms with Gasteiger partial charge in [-0.25, -0.2) is 0 Å². The zero-order valence-electron chi connectivity index (χ0n) is 13.1. The fourth-order valence-corrected chi connectivity index (χ4v) is 2.50. The molecule has 0 amide bonds. The first-order chi connectivity index (χ1) is 9.05. The van der Waals surface area contributed by atoms with Crippen molar-refractivity contribution < 1.29 is 4.74 Å². The van der Waals surface area contributed by atoms with Crippen molar-refractivity contribution in [2.45, 2.75) is 59.1 Å². The van der Waals surface area contributed by atoms with E-state index in [1.165, 1.54) is 11.1 Å². The molecule has 108 valence electrons. The van der Waals surface area contributed by atoms with Gasteiger partial charge in [-0.05, 0) is 51.3 Å². The average Bonchev–Trinajstić information content (AvgIpc) is 2.39. The zero-order chi connectivity index (χ0) is 14.3. The highest BCUT2D eigenvalue weighted by molar-refractivity contribution is 5.28. The van der Waals surface area contributed by atoms with Gasteiger partial charge >= 0.3 is 0 Å². The van der Waals surface area contributed by atoms with Gasteiger partial charge in [0.25, 0.3) is 0 Å². The van der Waals surface area contributed by atoms with Crippen LogP contribution in [0.15, 0.2) is 24.3 Å². The molecule has 0 saturated carbocycles. The van der Waals surface area contributed by atoms with Crippen LogP contribution >= 0.6 is 0 Å². The Balaban J connectivity index is 3.00. The van der Waals surface area contributed by atoms with E-state index in [4.69, 9.17) is 4.74 Å². The van der Waals surface area contributed by atoms with Crippen molar-refractivity contribution in [2.75, 3.05) is 13.2 Å². The molecule has 0 aliphatic rings. The smallest absolute Gasteiger partial charge is 0.0820 e. The highest BCUT2D eigenvalue weighted by Gasteiger charge is 2.30. The number of hydrogen-bond donors (Lipinski definition) is 1. The molecular formula is C17H29NO. The minimum Gasteiger partial charge on any atom is -0.374 e. The third kappa shape index (κ3) is 4.63. The van der Waals surface area contributed by atoms with Crippen molar-refractivity contribution in [3.8, 4) is 0 Å². The van der Waals surface area contributed by atoms with Crippen LogP contribution in [-0.2, 0) is 11.2 Å². The summed E-state index contributed by atoms with van der Waals surface area (Å²) in [5, 5.41) is 3.64. The molecule has 0 bridgehead atoms. The molecular weight excluding hydrogens is 234 g/mol. The van der Waals surface area contributed by atoms with Crippen molar-refractivity contribution in [2.24, 2.45) is 0 Å². The summed E-state index contributed by atoms with van der Waals surface area (Å²) >= 11 is 0. The molecule has 2 nitrogen and oxygen atoms in total. The maximum Gasteiger partial charge on any atom is 0.0820 e. The number of hydrogen-bond acceptors (Lipinski definition) is 2. The third-order valence-corrected chi connectivity index (χ3v) is 3.50. The molecule has 0 aliphatic heterocycles. The van der Waals surface area contributed by atoms with Crippen LogP contribution in [0.1, 0.15) is 58.2 Å². The molecule has 1 unspecified atom stereocenters. The van der Waals surface area contributed by atoms with E-state index in [9.17, 15) is 0 Å². The highest BCUT2D eigenvalue weighted by atomic mass is 16.5. The third-order valence-electron chi connectivity index (χ3n) is 3.50. The summed E-state index contributed by atoms with van der Waals surface area (Å²) in [4.78, 5) is 0. The average molecular weight is 263 g/mol. The van der Waals surface area contributed by atoms with Crippen molar-refractivity contribution in [3.05, 3.63) is 35.4 Å². The second-order valence-electron chi connectivity index (χ2n) is 5.52. The fraction of sp³-hybridized carbons (Fsp3) is 0.647. The van der Waals surface area contributed by atoms with Gasteiger partial charge in [0.2, 0.25) is 0 Å². The van der Waals surface area contributed by atoms with E-state index in [-0.39, 0.29) is 11.6 Å². The number of rotatable bonds is 8. The number of nitrogens with one attached hydrogen (secondary N) is 1. The standard InChI is InChI=1S/C17H29NO/c1-6-12-18-16(17(4,5)19-8-3)15-11-9-10-14(7-2)13-15/h9-11,13,16,18H,6-8,12H2,1-5H3. The van der Waals surface area contributed by atoms with Crippen LogP contribution in [-0.4, -0.2) is 18.8 Å². The van der Waals surface area contributed by atoms with Crippen molar-refractivity contribution in [1.29, 1.82) is 0 Å². The van der Waals surface area contributed by atoms with Crippen LogP contribution in [0.25, 0.3) is 0 Å². The van der Waals surface area contributed by atoms with Gasteiger partial charge in [-0.15, -0.1) is 0 Å². The molecule has 1 N–H and O–H groups in total. The number of ether oxygens (including phenoxy) is 1. The van der Waals surface area contributed by atoms with Gasteiger partial charge in [-0.2, -0.15) is 0 Å². The molecule has 0 fully saturated rings. The Morgan fingerprint density at radius 3 is 2.53 bits per heavy atom. The van der Waals surface area contributed by atoms with Gasteiger partial charge in [0.05, 0.1) is 11.6 Å². The molecule has 0 saturated heterocycles. The van der Waals surface area contributed by atoms with Gasteiger partial charge in [-0.3, -0.25) is 0 Å². The van der Waals surface area contributed by atoms with Crippen LogP contribution in [0, 0.1) is 0 Å². The number of aryl methyl sites for hydroxylation is 1. The van der Waals surface area contributed by atoms with E-state index < -0.39 is 0 Å². The summed E-state index contributed by atoms with van der Waals surface area (Å²) in [7, 11) is 0. The number of benzene rings is 1. The van der Waals surface area contributed by atoms with Crippen molar-refractivity contribution in [3.63, 3.8) is 0 Å². The molecule has 0 spiro atoms. The Bertz CT molecular complexity index is 373. The van der Waals surface area contributed by atoms with E-state index in [1.807, 2.05) is 0 Å². The van der Waals surface area contributed by atoms with E-state index in [0.29, 0.717) is 0 Å². The minimum atomic E-state index is -0.198. The van der Waals surface area contributed by atoms with Crippen LogP contribution < -0.4 is 5.32 Å². The lowest BCUT2D eigenvalue weighted by atomic mass is 9.90. The Morgan fingerprint density at radius 2 is 1.95 bits per heavy atom. The van der Waals surface area contributed by atoms with Crippen molar-refractivity contribution in [1.82, 2.24) is 5.32 Å². The molecule has 1 atom stereocenters. The van der Waals surface area contributed by atoms with E-state index in [0.717, 1.165) is 26.0 Å². The van der Waals surface area contributed by atoms with Gasteiger partial charge in [0.15, 0.2) is 0 Å². The summed E-state index contributed by atoms with van der Waals surface area (Å²) in [5.41, 5.74) is 2.51. The molecule has 2 heteroatoms. The Morgan fingerprint density at radius 1 is 1.21 bits per heavy atom. The van der Waals surface area contributed by atoms with Gasteiger partial charge in [0.1, 0.15) is 0 Å². The first kappa shape index (κ1) is 16.2. The monoisotopic (exact) mass is 263 g/mol. The quantitative estimate of drug-likeness (QED) is 0.762. The van der Waals surface area contributed by atoms with E-state index in [2.05, 4.69) is 64.2 Å². The first-order valence-electron chi connectivity index (χ1n) is 7.51. The molecule has 1 aromatic rings. The Labute approximate surface area is 118 Å². The van der Waals surface area contributed by atoms with Crippen LogP contribution in [0.5, 0.6) is 0 Å². The second-order valence-corrected chi connectivity index (χ2v) is 5.52. The van der Waals surface area contributed by atoms with Gasteiger partial charge in [0, 0.05) is 6.61 Å². The van der Waals surface area contributed by atoms with Gasteiger partial charge < -0.3 is 10.1 Å². The molecule has 1 aromatic carbocycles. The van der Waals surface area contributed by atoms with E-state index >= 15 is 0 Å². The van der Waals surface area contributed by atoms with Crippen LogP contribution in [0.4, 0.5) is 0 Å². The SMILES string of the molecule is CCCNC(c1cccc(CC)c1)C(C)(C)OCC. The summed E-state index contributed by atoms with van der Waals surface area (Å²) in [6, 6.07) is 9.07. The zero-order valence-corrected chi connectivity index (χ0v) is 13.1. The molecule has 0 aliphatic carbocycles. The van der Waals surface area contributed by atoms with Crippen molar-refractivity contribution >= 4 is 0 Å². The summed E-state index contributed by atoms with van der Waals surface area (Å²) < 4.78 is 5.95. The normalized spacial score (nSPS) is 13.5. The maximum atomic E-state index is 5.95. The summed E-state index contributed by atoms with van der Waals surface area (Å²) in [5.74, 6) is 0. The van der Waals surface area contributed by atoms with E-state index in [1.54, 1.807) is 0 Å². The predicted octanol–water partition coefficient (Wildman–Crippen LogP) is 4.10. The largest absolute Gasteiger partial charge is 0.374 e. The molecule has 0 radical (unpaired) electrons. The molecule has 19 heavy (non-hydrogen) atoms. The summed E-state index contributed by atoms with van der Waals surface area (Å²) in [6.07, 6.45) is 2.20. The minimum absolute atomic E-state index is 0.198. The Hall–Kier alpha value is -0.860. The Kier molecular flexibility index (Phi) is 6.53. The van der Waals surface area contributed by atoms with Crippen LogP contribution in [0.3, 0.4) is 0 Å². The topological polar surface area (TPSA) is 21.3 Å². The first-order valence-corrected chi connectivity index (χ1v) is 7.51. The molecule has 0 aromatic heterocycles. The fourth-order valence-electron chi connectivity index (χ4n) is 2.50. The molecule has 0 heterocycles. The lowest BCUT2D eigenvalue weighted by molar-refractivity contribution is -0.0391. The predicted molar refractivity (Wildman–Crippen MR) is 82.6 cm³/mol. The van der Waals surface area contributed by atoms with Crippen LogP contribution in [0.2, 0.25) is 0 Å². The lowest BCUT2D eigenvalue weighted by Crippen LogP contribution is -2.42. The highest BCUT2D eigenvalue weighted by Crippen LogP contribution is 2.29. The second kappa shape index (κ2) is 7.66.